The van der Waals surface area contributed by atoms with E-state index in [1.54, 1.807) is 7.11 Å². The van der Waals surface area contributed by atoms with E-state index in [1.165, 1.54) is 6.42 Å². The van der Waals surface area contributed by atoms with Crippen LogP contribution in [0.2, 0.25) is 5.02 Å². The highest BCUT2D eigenvalue weighted by Gasteiger charge is 2.24. The molecular weight excluding hydrogens is 250 g/mol. The number of carbonyl (C=O) groups is 1. The van der Waals surface area contributed by atoms with E-state index in [0.29, 0.717) is 17.3 Å². The molecule has 0 aromatic heterocycles. The molecule has 0 radical (unpaired) electrons. The summed E-state index contributed by atoms with van der Waals surface area (Å²) in [4.78, 5) is 11.6. The first kappa shape index (κ1) is 13.2. The van der Waals surface area contributed by atoms with E-state index < -0.39 is 0 Å². The third kappa shape index (κ3) is 3.16. The van der Waals surface area contributed by atoms with Crippen LogP contribution in [0.1, 0.15) is 24.8 Å². The van der Waals surface area contributed by atoms with Crippen molar-refractivity contribution in [1.29, 1.82) is 0 Å². The Bertz CT molecular complexity index is 430. The fraction of sp³-hybridized carbons (Fsp3) is 0.500. The fourth-order valence-electron chi connectivity index (χ4n) is 2.01. The van der Waals surface area contributed by atoms with E-state index in [9.17, 15) is 4.79 Å². The zero-order valence-electron chi connectivity index (χ0n) is 10.5. The van der Waals surface area contributed by atoms with Gasteiger partial charge in [-0.25, -0.2) is 0 Å². The van der Waals surface area contributed by atoms with Gasteiger partial charge in [0.25, 0.3) is 0 Å². The third-order valence-electron chi connectivity index (χ3n) is 3.41. The summed E-state index contributed by atoms with van der Waals surface area (Å²) in [6.45, 7) is 0.665. The monoisotopic (exact) mass is 267 g/mol. The fourth-order valence-corrected chi connectivity index (χ4v) is 2.29. The van der Waals surface area contributed by atoms with Crippen LogP contribution in [0.4, 0.5) is 0 Å². The van der Waals surface area contributed by atoms with Gasteiger partial charge < -0.3 is 10.1 Å². The van der Waals surface area contributed by atoms with E-state index in [1.807, 2.05) is 18.2 Å². The zero-order chi connectivity index (χ0) is 13.0. The molecule has 18 heavy (non-hydrogen) atoms. The lowest BCUT2D eigenvalue weighted by atomic mass is 9.85. The summed E-state index contributed by atoms with van der Waals surface area (Å²) in [6, 6.07) is 5.71. The lowest BCUT2D eigenvalue weighted by molar-refractivity contribution is -0.127. The summed E-state index contributed by atoms with van der Waals surface area (Å²) >= 11 is 6.04. The van der Waals surface area contributed by atoms with E-state index in [0.717, 1.165) is 24.8 Å². The molecular formula is C14H18ClNO2. The smallest absolute Gasteiger partial charge is 0.223 e. The molecule has 0 heterocycles. The van der Waals surface area contributed by atoms with Gasteiger partial charge in [0.05, 0.1) is 12.1 Å². The molecule has 0 atom stereocenters. The molecule has 1 aliphatic carbocycles. The standard InChI is InChI=1S/C14H18ClNO2/c1-18-13-6-5-10(9-12(13)15)7-8-16-14(17)11-3-2-4-11/h5-6,9,11H,2-4,7-8H2,1H3,(H,16,17). The van der Waals surface area contributed by atoms with Gasteiger partial charge >= 0.3 is 0 Å². The number of benzene rings is 1. The molecule has 0 spiro atoms. The van der Waals surface area contributed by atoms with Crippen molar-refractivity contribution in [1.82, 2.24) is 5.32 Å². The maximum Gasteiger partial charge on any atom is 0.223 e. The number of nitrogens with one attached hydrogen (secondary N) is 1. The quantitative estimate of drug-likeness (QED) is 0.891. The SMILES string of the molecule is COc1ccc(CCNC(=O)C2CCC2)cc1Cl. The normalized spacial score (nSPS) is 15.0. The van der Waals surface area contributed by atoms with Crippen molar-refractivity contribution in [3.05, 3.63) is 28.8 Å². The Labute approximate surface area is 112 Å². The second-order valence-corrected chi connectivity index (χ2v) is 5.04. The first-order valence-corrected chi connectivity index (χ1v) is 6.68. The molecule has 4 heteroatoms. The minimum Gasteiger partial charge on any atom is -0.495 e. The Kier molecular flexibility index (Phi) is 4.48. The second-order valence-electron chi connectivity index (χ2n) is 4.64. The van der Waals surface area contributed by atoms with Gasteiger partial charge in [-0.05, 0) is 37.0 Å². The Morgan fingerprint density at radius 3 is 2.83 bits per heavy atom. The molecule has 0 bridgehead atoms. The molecule has 1 amide bonds. The van der Waals surface area contributed by atoms with Crippen LogP contribution in [0.3, 0.4) is 0 Å². The lowest BCUT2D eigenvalue weighted by Crippen LogP contribution is -2.35. The predicted octanol–water partition coefficient (Wildman–Crippen LogP) is 2.81. The topological polar surface area (TPSA) is 38.3 Å². The van der Waals surface area contributed by atoms with Gasteiger partial charge in [0.1, 0.15) is 5.75 Å². The lowest BCUT2D eigenvalue weighted by Gasteiger charge is -2.24. The molecule has 1 aromatic rings. The Morgan fingerprint density at radius 2 is 2.28 bits per heavy atom. The average molecular weight is 268 g/mol. The van der Waals surface area contributed by atoms with E-state index in [2.05, 4.69) is 5.32 Å². The first-order chi connectivity index (χ1) is 8.70. The molecule has 1 aliphatic rings. The molecule has 1 aromatic carbocycles. The van der Waals surface area contributed by atoms with Crippen LogP contribution in [0.15, 0.2) is 18.2 Å². The highest BCUT2D eigenvalue weighted by molar-refractivity contribution is 6.32. The van der Waals surface area contributed by atoms with Crippen molar-refractivity contribution >= 4 is 17.5 Å². The van der Waals surface area contributed by atoms with Gasteiger partial charge in [0.15, 0.2) is 0 Å². The van der Waals surface area contributed by atoms with E-state index in [-0.39, 0.29) is 11.8 Å². The van der Waals surface area contributed by atoms with Gasteiger partial charge in [0.2, 0.25) is 5.91 Å². The molecule has 0 unspecified atom stereocenters. The van der Waals surface area contributed by atoms with E-state index >= 15 is 0 Å². The summed E-state index contributed by atoms with van der Waals surface area (Å²) in [5.74, 6) is 1.13. The first-order valence-electron chi connectivity index (χ1n) is 6.31. The predicted molar refractivity (Wildman–Crippen MR) is 72.1 cm³/mol. The van der Waals surface area contributed by atoms with Crippen molar-refractivity contribution in [3.8, 4) is 5.75 Å². The van der Waals surface area contributed by atoms with Crippen LogP contribution in [0.25, 0.3) is 0 Å². The third-order valence-corrected chi connectivity index (χ3v) is 3.70. The summed E-state index contributed by atoms with van der Waals surface area (Å²) < 4.78 is 5.09. The molecule has 1 saturated carbocycles. The minimum atomic E-state index is 0.195. The maximum atomic E-state index is 11.6. The summed E-state index contributed by atoms with van der Waals surface area (Å²) in [5, 5.41) is 3.58. The summed E-state index contributed by atoms with van der Waals surface area (Å²) in [6.07, 6.45) is 4.06. The van der Waals surface area contributed by atoms with Crippen LogP contribution in [0, 0.1) is 5.92 Å². The van der Waals surface area contributed by atoms with Crippen LogP contribution in [-0.2, 0) is 11.2 Å². The number of carbonyl (C=O) groups excluding carboxylic acids is 1. The van der Waals surface area contributed by atoms with Crippen molar-refractivity contribution in [2.24, 2.45) is 5.92 Å². The number of ether oxygens (including phenoxy) is 1. The zero-order valence-corrected chi connectivity index (χ0v) is 11.3. The molecule has 98 valence electrons. The average Bonchev–Trinajstić information content (AvgIpc) is 2.27. The van der Waals surface area contributed by atoms with Gasteiger partial charge in [0, 0.05) is 12.5 Å². The van der Waals surface area contributed by atoms with Gasteiger partial charge in [-0.1, -0.05) is 24.1 Å². The largest absolute Gasteiger partial charge is 0.495 e. The molecule has 2 rings (SSSR count). The van der Waals surface area contributed by atoms with Crippen molar-refractivity contribution < 1.29 is 9.53 Å². The maximum absolute atomic E-state index is 11.6. The summed E-state index contributed by atoms with van der Waals surface area (Å²) in [7, 11) is 1.60. The number of hydrogen-bond donors (Lipinski definition) is 1. The van der Waals surface area contributed by atoms with Gasteiger partial charge in [-0.2, -0.15) is 0 Å². The highest BCUT2D eigenvalue weighted by atomic mass is 35.5. The molecule has 1 fully saturated rings. The number of rotatable bonds is 5. The van der Waals surface area contributed by atoms with Crippen molar-refractivity contribution in [2.75, 3.05) is 13.7 Å². The highest BCUT2D eigenvalue weighted by Crippen LogP contribution is 2.26. The van der Waals surface area contributed by atoms with Crippen LogP contribution >= 0.6 is 11.6 Å². The van der Waals surface area contributed by atoms with Crippen LogP contribution < -0.4 is 10.1 Å². The Balaban J connectivity index is 1.79. The van der Waals surface area contributed by atoms with E-state index in [4.69, 9.17) is 16.3 Å². The van der Waals surface area contributed by atoms with Gasteiger partial charge in [-0.3, -0.25) is 4.79 Å². The second kappa shape index (κ2) is 6.10. The number of halogens is 1. The van der Waals surface area contributed by atoms with Crippen molar-refractivity contribution in [2.45, 2.75) is 25.7 Å². The summed E-state index contributed by atoms with van der Waals surface area (Å²) in [5.41, 5.74) is 1.11. The Hall–Kier alpha value is -1.22. The molecule has 1 N–H and O–H groups in total. The number of methoxy groups -OCH3 is 1. The van der Waals surface area contributed by atoms with Crippen LogP contribution in [0.5, 0.6) is 5.75 Å². The Morgan fingerprint density at radius 1 is 1.50 bits per heavy atom. The number of amides is 1. The molecule has 0 aliphatic heterocycles. The number of hydrogen-bond acceptors (Lipinski definition) is 2. The van der Waals surface area contributed by atoms with Crippen LogP contribution in [-0.4, -0.2) is 19.6 Å². The van der Waals surface area contributed by atoms with Gasteiger partial charge in [-0.15, -0.1) is 0 Å². The molecule has 0 saturated heterocycles. The minimum absolute atomic E-state index is 0.195. The van der Waals surface area contributed by atoms with Crippen molar-refractivity contribution in [3.63, 3.8) is 0 Å². The molecule has 3 nitrogen and oxygen atoms in total.